The third-order valence-corrected chi connectivity index (χ3v) is 6.70. The summed E-state index contributed by atoms with van der Waals surface area (Å²) in [6.07, 6.45) is 0. The highest BCUT2D eigenvalue weighted by atomic mass is 16.3. The van der Waals surface area contributed by atoms with Gasteiger partial charge in [0.05, 0.1) is 32.9 Å². The van der Waals surface area contributed by atoms with Crippen LogP contribution in [-0.4, -0.2) is 0 Å². The van der Waals surface area contributed by atoms with E-state index >= 15 is 0 Å². The summed E-state index contributed by atoms with van der Waals surface area (Å²) in [4.78, 5) is 0. The molecule has 0 aliphatic carbocycles. The first-order valence-electron chi connectivity index (χ1n) is 24.2. The minimum atomic E-state index is -0.951. The van der Waals surface area contributed by atoms with Gasteiger partial charge in [0.2, 0.25) is 0 Å². The lowest BCUT2D eigenvalue weighted by Gasteiger charge is -2.15. The van der Waals surface area contributed by atoms with Gasteiger partial charge in [-0.3, -0.25) is 0 Å². The second kappa shape index (κ2) is 8.55. The molecule has 0 saturated carbocycles. The van der Waals surface area contributed by atoms with Gasteiger partial charge < -0.3 is 4.42 Å². The van der Waals surface area contributed by atoms with E-state index in [2.05, 4.69) is 0 Å². The third-order valence-electron chi connectivity index (χ3n) is 6.70. The zero-order valence-electron chi connectivity index (χ0n) is 44.4. The van der Waals surface area contributed by atoms with Crippen molar-refractivity contribution < 1.29 is 37.3 Å². The molecule has 1 aromatic heterocycles. The predicted molar refractivity (Wildman–Crippen MR) is 175 cm³/mol. The van der Waals surface area contributed by atoms with E-state index in [1.165, 1.54) is 0 Å². The van der Waals surface area contributed by atoms with E-state index in [-0.39, 0.29) is 5.39 Å². The molecular weight excluding hydrogens is 496 g/mol. The Morgan fingerprint density at radius 3 is 1.88 bits per heavy atom. The molecule has 8 aromatic carbocycles. The monoisotopic (exact) mass is 544 g/mol. The summed E-state index contributed by atoms with van der Waals surface area (Å²) in [5.41, 5.74) is -3.74. The lowest BCUT2D eigenvalue weighted by atomic mass is 9.89. The maximum absolute atomic E-state index is 9.72. The fourth-order valence-electron chi connectivity index (χ4n) is 4.87. The molecule has 1 nitrogen and oxygen atoms in total. The number of benzene rings is 8. The van der Waals surface area contributed by atoms with Crippen LogP contribution in [0.1, 0.15) is 32.9 Å². The molecule has 1 heteroatoms. The van der Waals surface area contributed by atoms with Gasteiger partial charge in [0.1, 0.15) is 11.2 Å². The molecule has 190 valence electrons. The first-order chi connectivity index (χ1) is 30.3. The van der Waals surface area contributed by atoms with Crippen LogP contribution in [-0.2, 0) is 0 Å². The number of hydrogen-bond acceptors (Lipinski definition) is 1. The molecule has 0 bridgehead atoms. The highest BCUT2D eigenvalue weighted by molar-refractivity contribution is 6.20. The molecule has 41 heavy (non-hydrogen) atoms. The zero-order chi connectivity index (χ0) is 47.8. The van der Waals surface area contributed by atoms with Crippen LogP contribution in [0.2, 0.25) is 0 Å². The molecule has 1 heterocycles. The zero-order valence-corrected chi connectivity index (χ0v) is 20.4. The standard InChI is InChI=1S/C40H24O/c1-3-9-32-26(7-1)17-19-35-36(32)24-29-8-2-4-10-33(29)40(35)30-16-14-25-13-15-27(21-31(25)22-30)28-18-20-39-37(23-28)34-11-5-6-12-38(34)41-39/h1-24H/i1D,2D,3D,4D,5D,6D,7D,8D,9D,10D,11D,12D,13D,14D,15D,16D,17D,18D,19D,20D,21D,22D,23D,24D. The van der Waals surface area contributed by atoms with E-state index in [0.717, 1.165) is 0 Å². The quantitative estimate of drug-likeness (QED) is 0.156. The number of hydrogen-bond donors (Lipinski definition) is 0. The largest absolute Gasteiger partial charge is 0.456 e. The maximum Gasteiger partial charge on any atom is 0.135 e. The van der Waals surface area contributed by atoms with Crippen molar-refractivity contribution in [3.05, 3.63) is 145 Å². The van der Waals surface area contributed by atoms with E-state index < -0.39 is 227 Å². The molecule has 0 aliphatic rings. The molecule has 0 N–H and O–H groups in total. The van der Waals surface area contributed by atoms with Crippen LogP contribution in [0.3, 0.4) is 0 Å². The molecule has 0 radical (unpaired) electrons. The fraction of sp³-hybridized carbons (Fsp3) is 0. The van der Waals surface area contributed by atoms with Crippen molar-refractivity contribution in [1.29, 1.82) is 0 Å². The number of para-hydroxylation sites is 1. The van der Waals surface area contributed by atoms with Crippen LogP contribution < -0.4 is 0 Å². The summed E-state index contributed by atoms with van der Waals surface area (Å²) >= 11 is 0. The van der Waals surface area contributed by atoms with Crippen LogP contribution >= 0.6 is 0 Å². The van der Waals surface area contributed by atoms with Crippen LogP contribution in [0.25, 0.3) is 87.3 Å². The number of fused-ring (bicyclic) bond motifs is 8. The van der Waals surface area contributed by atoms with Crippen LogP contribution in [0, 0.1) is 0 Å². The van der Waals surface area contributed by atoms with Gasteiger partial charge in [-0.1, -0.05) is 109 Å². The van der Waals surface area contributed by atoms with Crippen molar-refractivity contribution in [2.75, 3.05) is 0 Å². The lowest BCUT2D eigenvalue weighted by molar-refractivity contribution is 0.669. The van der Waals surface area contributed by atoms with Gasteiger partial charge in [0.25, 0.3) is 0 Å². The highest BCUT2D eigenvalue weighted by Gasteiger charge is 2.13. The van der Waals surface area contributed by atoms with Crippen molar-refractivity contribution in [3.8, 4) is 22.3 Å². The van der Waals surface area contributed by atoms with Gasteiger partial charge in [-0.15, -0.1) is 0 Å². The lowest BCUT2D eigenvalue weighted by Crippen LogP contribution is -1.88. The van der Waals surface area contributed by atoms with E-state index in [1.807, 2.05) is 0 Å². The van der Waals surface area contributed by atoms with E-state index in [4.69, 9.17) is 27.7 Å². The molecule has 0 saturated heterocycles. The van der Waals surface area contributed by atoms with Gasteiger partial charge in [0.15, 0.2) is 0 Å². The predicted octanol–water partition coefficient (Wildman–Crippen LogP) is 11.5. The average Bonchev–Trinajstić information content (AvgIpc) is 3.68. The smallest absolute Gasteiger partial charge is 0.135 e. The second-order valence-electron chi connectivity index (χ2n) is 9.01. The molecule has 0 aliphatic heterocycles. The van der Waals surface area contributed by atoms with Crippen LogP contribution in [0.4, 0.5) is 0 Å². The van der Waals surface area contributed by atoms with Crippen molar-refractivity contribution in [3.63, 3.8) is 0 Å². The second-order valence-corrected chi connectivity index (χ2v) is 9.01. The highest BCUT2D eigenvalue weighted by Crippen LogP contribution is 2.41. The summed E-state index contributed by atoms with van der Waals surface area (Å²) in [5.74, 6) is 0. The number of rotatable bonds is 2. The Kier molecular flexibility index (Phi) is 1.94. The minimum Gasteiger partial charge on any atom is -0.456 e. The van der Waals surface area contributed by atoms with Gasteiger partial charge in [-0.2, -0.15) is 0 Å². The van der Waals surface area contributed by atoms with Crippen LogP contribution in [0.5, 0.6) is 0 Å². The van der Waals surface area contributed by atoms with Crippen molar-refractivity contribution in [2.45, 2.75) is 0 Å². The maximum atomic E-state index is 9.72. The molecular formula is C40H24O. The average molecular weight is 545 g/mol. The van der Waals surface area contributed by atoms with Gasteiger partial charge in [-0.05, 0) is 102 Å². The minimum absolute atomic E-state index is 0.357. The molecule has 0 unspecified atom stereocenters. The number of furan rings is 1. The topological polar surface area (TPSA) is 13.1 Å². The Morgan fingerprint density at radius 2 is 0.976 bits per heavy atom. The van der Waals surface area contributed by atoms with Gasteiger partial charge >= 0.3 is 0 Å². The molecule has 0 amide bonds. The summed E-state index contributed by atoms with van der Waals surface area (Å²) in [5, 5.41) is -5.42. The Hall–Kier alpha value is -5.40. The van der Waals surface area contributed by atoms with Gasteiger partial charge in [0, 0.05) is 10.8 Å². The van der Waals surface area contributed by atoms with Crippen LogP contribution in [0.15, 0.2) is 149 Å². The molecule has 0 atom stereocenters. The molecule has 9 aromatic rings. The first kappa shape index (κ1) is 9.33. The van der Waals surface area contributed by atoms with Crippen molar-refractivity contribution in [1.82, 2.24) is 0 Å². The Morgan fingerprint density at radius 1 is 0.341 bits per heavy atom. The molecule has 9 rings (SSSR count). The Bertz CT molecular complexity index is 3820. The fourth-order valence-corrected chi connectivity index (χ4v) is 4.87. The first-order valence-corrected chi connectivity index (χ1v) is 12.2. The summed E-state index contributed by atoms with van der Waals surface area (Å²) in [6.45, 7) is 0. The Labute approximate surface area is 270 Å². The summed E-state index contributed by atoms with van der Waals surface area (Å²) in [6, 6.07) is -19.7. The van der Waals surface area contributed by atoms with Crippen molar-refractivity contribution in [2.24, 2.45) is 0 Å². The summed E-state index contributed by atoms with van der Waals surface area (Å²) < 4.78 is 219. The van der Waals surface area contributed by atoms with E-state index in [9.17, 15) is 9.60 Å². The van der Waals surface area contributed by atoms with Gasteiger partial charge in [-0.25, -0.2) is 0 Å². The third kappa shape index (κ3) is 3.43. The molecule has 0 spiro atoms. The normalized spacial score (nSPS) is 20.1. The van der Waals surface area contributed by atoms with Crippen molar-refractivity contribution >= 4 is 65.0 Å². The van der Waals surface area contributed by atoms with E-state index in [1.54, 1.807) is 0 Å². The van der Waals surface area contributed by atoms with E-state index in [0.29, 0.717) is 0 Å². The Balaban J connectivity index is 1.54. The summed E-state index contributed by atoms with van der Waals surface area (Å²) in [7, 11) is 0. The molecule has 0 fully saturated rings. The SMILES string of the molecule is [2H]c1c([2H])c([2H])c2c(oc3c([2H])c([2H])c(-c4c([2H])c([2H])c5c([2H])c([2H])c(-c6c7c([2H])c([2H])c([2H])c([2H])c7c([2H])c7c6c([2H])c([2H])c6c([2H])c([2H])c([2H])c([2H])c67)c([2H])c5c4[2H])c([2H])c32)c1[2H].